The number of hydrogen-bond acceptors (Lipinski definition) is 1. The predicted molar refractivity (Wildman–Crippen MR) is 53.5 cm³/mol. The van der Waals surface area contributed by atoms with Gasteiger partial charge in [-0.1, -0.05) is 11.6 Å². The minimum Gasteiger partial charge on any atom is -0.240 e. The van der Waals surface area contributed by atoms with Gasteiger partial charge in [0.05, 0.1) is 16.3 Å². The molecule has 17 heavy (non-hydrogen) atoms. The van der Waals surface area contributed by atoms with Crippen molar-refractivity contribution in [2.24, 2.45) is 0 Å². The number of nitrogens with zero attached hydrogens (tertiary/aromatic N) is 2. The van der Waals surface area contributed by atoms with Crippen LogP contribution in [-0.2, 0) is 6.18 Å². The summed E-state index contributed by atoms with van der Waals surface area (Å²) in [6.07, 6.45) is -2.04. The van der Waals surface area contributed by atoms with Gasteiger partial charge in [-0.3, -0.25) is 0 Å². The van der Waals surface area contributed by atoms with Crippen molar-refractivity contribution >= 4 is 11.6 Å². The topological polar surface area (TPSA) is 17.8 Å². The molecule has 0 spiro atoms. The average molecular weight is 265 g/mol. The molecule has 0 saturated carbocycles. The zero-order chi connectivity index (χ0) is 12.6. The maximum atomic E-state index is 13.1. The molecule has 1 aromatic heterocycles. The SMILES string of the molecule is Fc1cc(C(F)(F)F)c(-n2cccn2)cc1Cl. The highest BCUT2D eigenvalue weighted by Gasteiger charge is 2.35. The molecule has 0 bridgehead atoms. The zero-order valence-corrected chi connectivity index (χ0v) is 8.93. The fraction of sp³-hybridized carbons (Fsp3) is 0.100. The largest absolute Gasteiger partial charge is 0.418 e. The van der Waals surface area contributed by atoms with Crippen molar-refractivity contribution in [1.29, 1.82) is 0 Å². The molecule has 0 fully saturated rings. The Morgan fingerprint density at radius 2 is 1.94 bits per heavy atom. The first-order valence-corrected chi connectivity index (χ1v) is 4.83. The van der Waals surface area contributed by atoms with Gasteiger partial charge in [-0.15, -0.1) is 0 Å². The molecular formula is C10H5ClF4N2. The summed E-state index contributed by atoms with van der Waals surface area (Å²) in [5.41, 5.74) is -1.43. The van der Waals surface area contributed by atoms with Crippen LogP contribution < -0.4 is 0 Å². The Kier molecular flexibility index (Phi) is 2.82. The quantitative estimate of drug-likeness (QED) is 0.719. The Labute approximate surface area is 98.4 Å². The second kappa shape index (κ2) is 4.03. The van der Waals surface area contributed by atoms with E-state index in [2.05, 4.69) is 5.10 Å². The summed E-state index contributed by atoms with van der Waals surface area (Å²) in [5, 5.41) is 3.28. The minimum atomic E-state index is -4.67. The molecule has 0 atom stereocenters. The van der Waals surface area contributed by atoms with Gasteiger partial charge >= 0.3 is 6.18 Å². The van der Waals surface area contributed by atoms with Crippen molar-refractivity contribution in [2.45, 2.75) is 6.18 Å². The molecular weight excluding hydrogens is 260 g/mol. The maximum absolute atomic E-state index is 13.1. The van der Waals surface area contributed by atoms with E-state index >= 15 is 0 Å². The first kappa shape index (κ1) is 11.9. The van der Waals surface area contributed by atoms with Crippen molar-refractivity contribution in [1.82, 2.24) is 9.78 Å². The molecule has 1 aromatic carbocycles. The fourth-order valence-electron chi connectivity index (χ4n) is 1.36. The second-order valence-corrected chi connectivity index (χ2v) is 3.64. The lowest BCUT2D eigenvalue weighted by molar-refractivity contribution is -0.137. The molecule has 0 amide bonds. The molecule has 0 aliphatic carbocycles. The molecule has 2 rings (SSSR count). The molecule has 0 saturated heterocycles. The normalized spacial score (nSPS) is 11.8. The number of rotatable bonds is 1. The van der Waals surface area contributed by atoms with Gasteiger partial charge in [-0.2, -0.15) is 18.3 Å². The van der Waals surface area contributed by atoms with Crippen LogP contribution in [0.3, 0.4) is 0 Å². The van der Waals surface area contributed by atoms with Crippen LogP contribution in [0.4, 0.5) is 17.6 Å². The van der Waals surface area contributed by atoms with E-state index in [1.54, 1.807) is 0 Å². The molecule has 2 aromatic rings. The molecule has 0 radical (unpaired) electrons. The second-order valence-electron chi connectivity index (χ2n) is 3.23. The van der Waals surface area contributed by atoms with E-state index in [9.17, 15) is 17.6 Å². The molecule has 0 aliphatic rings. The van der Waals surface area contributed by atoms with Gasteiger partial charge in [-0.25, -0.2) is 9.07 Å². The standard InChI is InChI=1S/C10H5ClF4N2/c11-7-5-9(17-3-1-2-16-17)6(4-8(7)12)10(13,14)15/h1-5H. The highest BCUT2D eigenvalue weighted by atomic mass is 35.5. The van der Waals surface area contributed by atoms with Crippen LogP contribution >= 0.6 is 11.6 Å². The third-order valence-corrected chi connectivity index (χ3v) is 2.38. The van der Waals surface area contributed by atoms with E-state index in [-0.39, 0.29) is 10.7 Å². The lowest BCUT2D eigenvalue weighted by Crippen LogP contribution is -2.12. The summed E-state index contributed by atoms with van der Waals surface area (Å²) < 4.78 is 52.2. The van der Waals surface area contributed by atoms with E-state index in [0.29, 0.717) is 6.07 Å². The Bertz CT molecular complexity index is 534. The monoisotopic (exact) mass is 264 g/mol. The lowest BCUT2D eigenvalue weighted by Gasteiger charge is -2.13. The average Bonchev–Trinajstić information content (AvgIpc) is 2.73. The van der Waals surface area contributed by atoms with Gasteiger partial charge in [0.1, 0.15) is 5.82 Å². The van der Waals surface area contributed by atoms with Crippen LogP contribution in [0.2, 0.25) is 5.02 Å². The van der Waals surface area contributed by atoms with Gasteiger partial charge in [0.15, 0.2) is 0 Å². The number of alkyl halides is 3. The molecule has 1 heterocycles. The van der Waals surface area contributed by atoms with Crippen LogP contribution in [0.5, 0.6) is 0 Å². The molecule has 0 N–H and O–H groups in total. The minimum absolute atomic E-state index is 0.311. The molecule has 2 nitrogen and oxygen atoms in total. The summed E-state index contributed by atoms with van der Waals surface area (Å²) in [6.45, 7) is 0. The molecule has 0 unspecified atom stereocenters. The van der Waals surface area contributed by atoms with Crippen molar-refractivity contribution in [2.75, 3.05) is 0 Å². The van der Waals surface area contributed by atoms with Gasteiger partial charge in [-0.05, 0) is 18.2 Å². The summed E-state index contributed by atoms with van der Waals surface area (Å²) >= 11 is 5.47. The van der Waals surface area contributed by atoms with Gasteiger partial charge < -0.3 is 0 Å². The highest BCUT2D eigenvalue weighted by molar-refractivity contribution is 6.30. The van der Waals surface area contributed by atoms with E-state index in [1.807, 2.05) is 0 Å². The first-order valence-electron chi connectivity index (χ1n) is 4.46. The third kappa shape index (κ3) is 2.26. The Hall–Kier alpha value is -1.56. The summed E-state index contributed by atoms with van der Waals surface area (Å²) in [5.74, 6) is -1.12. The van der Waals surface area contributed by atoms with E-state index in [4.69, 9.17) is 11.6 Å². The predicted octanol–water partition coefficient (Wildman–Crippen LogP) is 3.68. The molecule has 0 aliphatic heterocycles. The number of hydrogen-bond donors (Lipinski definition) is 0. The van der Waals surface area contributed by atoms with Crippen LogP contribution in [0.1, 0.15) is 5.56 Å². The lowest BCUT2D eigenvalue weighted by atomic mass is 10.1. The van der Waals surface area contributed by atoms with Crippen molar-refractivity contribution in [3.63, 3.8) is 0 Å². The smallest absolute Gasteiger partial charge is 0.240 e. The van der Waals surface area contributed by atoms with Crippen LogP contribution in [0.15, 0.2) is 30.6 Å². The number of aromatic nitrogens is 2. The van der Waals surface area contributed by atoms with Crippen LogP contribution in [0.25, 0.3) is 5.69 Å². The summed E-state index contributed by atoms with van der Waals surface area (Å²) in [7, 11) is 0. The molecule has 90 valence electrons. The zero-order valence-electron chi connectivity index (χ0n) is 8.17. The van der Waals surface area contributed by atoms with E-state index in [1.165, 1.54) is 18.5 Å². The number of benzene rings is 1. The Morgan fingerprint density at radius 3 is 2.47 bits per heavy atom. The van der Waals surface area contributed by atoms with E-state index in [0.717, 1.165) is 10.7 Å². The van der Waals surface area contributed by atoms with Crippen molar-refractivity contribution < 1.29 is 17.6 Å². The van der Waals surface area contributed by atoms with Gasteiger partial charge in [0.25, 0.3) is 0 Å². The number of halogens is 5. The van der Waals surface area contributed by atoms with E-state index < -0.39 is 17.6 Å². The Morgan fingerprint density at radius 1 is 1.24 bits per heavy atom. The Balaban J connectivity index is 2.69. The van der Waals surface area contributed by atoms with Crippen molar-refractivity contribution in [3.8, 4) is 5.69 Å². The summed E-state index contributed by atoms with van der Waals surface area (Å²) in [4.78, 5) is 0. The first-order chi connectivity index (χ1) is 7.89. The van der Waals surface area contributed by atoms with Crippen LogP contribution in [0, 0.1) is 5.82 Å². The molecule has 7 heteroatoms. The summed E-state index contributed by atoms with van der Waals surface area (Å²) in [6, 6.07) is 2.71. The van der Waals surface area contributed by atoms with Gasteiger partial charge in [0.2, 0.25) is 0 Å². The highest BCUT2D eigenvalue weighted by Crippen LogP contribution is 2.36. The van der Waals surface area contributed by atoms with Gasteiger partial charge in [0, 0.05) is 12.4 Å². The maximum Gasteiger partial charge on any atom is 0.418 e. The van der Waals surface area contributed by atoms with Crippen LogP contribution in [-0.4, -0.2) is 9.78 Å². The third-order valence-electron chi connectivity index (χ3n) is 2.10. The fourth-order valence-corrected chi connectivity index (χ4v) is 1.52. The van der Waals surface area contributed by atoms with Crippen molar-refractivity contribution in [3.05, 3.63) is 47.0 Å².